The molecule has 0 atom stereocenters. The Balaban J connectivity index is 1.55. The summed E-state index contributed by atoms with van der Waals surface area (Å²) in [6.45, 7) is 2.15. The summed E-state index contributed by atoms with van der Waals surface area (Å²) >= 11 is 1.70. The van der Waals surface area contributed by atoms with Crippen molar-refractivity contribution in [3.63, 3.8) is 0 Å². The highest BCUT2D eigenvalue weighted by atomic mass is 32.1. The van der Waals surface area contributed by atoms with Gasteiger partial charge in [0.15, 0.2) is 11.5 Å². The topological polar surface area (TPSA) is 42.0 Å². The van der Waals surface area contributed by atoms with Gasteiger partial charge >= 0.3 is 0 Å². The van der Waals surface area contributed by atoms with Gasteiger partial charge in [0.05, 0.1) is 13.7 Å². The first-order valence-electron chi connectivity index (χ1n) is 9.83. The highest BCUT2D eigenvalue weighted by Crippen LogP contribution is 2.29. The second kappa shape index (κ2) is 10.8. The molecule has 0 saturated heterocycles. The van der Waals surface area contributed by atoms with Crippen LogP contribution in [0.2, 0.25) is 0 Å². The van der Waals surface area contributed by atoms with Gasteiger partial charge in [-0.2, -0.15) is 0 Å². The second-order valence-electron chi connectivity index (χ2n) is 7.26. The van der Waals surface area contributed by atoms with E-state index < -0.39 is 0 Å². The molecule has 0 aliphatic carbocycles. The first-order chi connectivity index (χ1) is 14.5. The fraction of sp³-hybridized carbons (Fsp3) is 0.292. The molecule has 0 unspecified atom stereocenters. The standard InChI is InChI=1S/C24H28N2O3S/c1-25(16-21-10-7-13-30-21)17-24(27)26(2)15-20-11-12-22(23(14-20)28-3)29-18-19-8-5-4-6-9-19/h4-14H,15-18H2,1-3H3. The Morgan fingerprint density at radius 2 is 1.73 bits per heavy atom. The molecule has 3 aromatic rings. The van der Waals surface area contributed by atoms with E-state index in [1.165, 1.54) is 4.88 Å². The van der Waals surface area contributed by atoms with Gasteiger partial charge in [-0.3, -0.25) is 9.69 Å². The average molecular weight is 425 g/mol. The number of hydrogen-bond acceptors (Lipinski definition) is 5. The molecule has 6 heteroatoms. The lowest BCUT2D eigenvalue weighted by atomic mass is 10.2. The monoisotopic (exact) mass is 424 g/mol. The van der Waals surface area contributed by atoms with E-state index in [1.54, 1.807) is 23.3 Å². The molecule has 1 aromatic heterocycles. The fourth-order valence-electron chi connectivity index (χ4n) is 3.10. The van der Waals surface area contributed by atoms with E-state index in [0.29, 0.717) is 31.2 Å². The van der Waals surface area contributed by atoms with Crippen LogP contribution in [-0.4, -0.2) is 43.5 Å². The molecule has 1 amide bonds. The summed E-state index contributed by atoms with van der Waals surface area (Å²) in [6, 6.07) is 19.9. The number of carbonyl (C=O) groups is 1. The molecular weight excluding hydrogens is 396 g/mol. The Hall–Kier alpha value is -2.83. The molecular formula is C24H28N2O3S. The number of ether oxygens (including phenoxy) is 2. The van der Waals surface area contributed by atoms with Crippen molar-refractivity contribution in [3.8, 4) is 11.5 Å². The van der Waals surface area contributed by atoms with Gasteiger partial charge < -0.3 is 14.4 Å². The van der Waals surface area contributed by atoms with Crippen LogP contribution >= 0.6 is 11.3 Å². The first-order valence-corrected chi connectivity index (χ1v) is 10.7. The molecule has 5 nitrogen and oxygen atoms in total. The third-order valence-electron chi connectivity index (χ3n) is 4.72. The van der Waals surface area contributed by atoms with E-state index >= 15 is 0 Å². The van der Waals surface area contributed by atoms with Crippen molar-refractivity contribution in [2.45, 2.75) is 19.7 Å². The van der Waals surface area contributed by atoms with Crippen molar-refractivity contribution in [2.75, 3.05) is 27.7 Å². The van der Waals surface area contributed by atoms with E-state index in [0.717, 1.165) is 17.7 Å². The maximum atomic E-state index is 12.6. The van der Waals surface area contributed by atoms with Crippen LogP contribution in [-0.2, 0) is 24.5 Å². The Kier molecular flexibility index (Phi) is 7.88. The Morgan fingerprint density at radius 1 is 0.933 bits per heavy atom. The van der Waals surface area contributed by atoms with Crippen LogP contribution in [0.4, 0.5) is 0 Å². The summed E-state index contributed by atoms with van der Waals surface area (Å²) in [6.07, 6.45) is 0. The minimum atomic E-state index is 0.0810. The number of methoxy groups -OCH3 is 1. The van der Waals surface area contributed by atoms with Gasteiger partial charge in [-0.05, 0) is 41.8 Å². The summed E-state index contributed by atoms with van der Waals surface area (Å²) in [7, 11) is 5.42. The predicted molar refractivity (Wildman–Crippen MR) is 121 cm³/mol. The minimum Gasteiger partial charge on any atom is -0.493 e. The third kappa shape index (κ3) is 6.34. The summed E-state index contributed by atoms with van der Waals surface area (Å²) in [5, 5.41) is 2.05. The number of amides is 1. The molecule has 2 aromatic carbocycles. The lowest BCUT2D eigenvalue weighted by Crippen LogP contribution is -2.35. The smallest absolute Gasteiger partial charge is 0.236 e. The van der Waals surface area contributed by atoms with Gasteiger partial charge in [-0.1, -0.05) is 42.5 Å². The molecule has 0 aliphatic rings. The average Bonchev–Trinajstić information content (AvgIpc) is 3.26. The van der Waals surface area contributed by atoms with E-state index in [-0.39, 0.29) is 5.91 Å². The van der Waals surface area contributed by atoms with Gasteiger partial charge in [0, 0.05) is 25.0 Å². The zero-order valence-corrected chi connectivity index (χ0v) is 18.5. The Morgan fingerprint density at radius 3 is 2.43 bits per heavy atom. The SMILES string of the molecule is COc1cc(CN(C)C(=O)CN(C)Cc2cccs2)ccc1OCc1ccccc1. The highest BCUT2D eigenvalue weighted by Gasteiger charge is 2.14. The summed E-state index contributed by atoms with van der Waals surface area (Å²) in [5.41, 5.74) is 2.09. The molecule has 0 fully saturated rings. The van der Waals surface area contributed by atoms with Crippen LogP contribution in [0.25, 0.3) is 0 Å². The Labute approximate surface area is 182 Å². The Bertz CT molecular complexity index is 929. The van der Waals surface area contributed by atoms with Gasteiger partial charge in [0.2, 0.25) is 5.91 Å². The van der Waals surface area contributed by atoms with Crippen LogP contribution in [0.3, 0.4) is 0 Å². The molecule has 0 aliphatic heterocycles. The number of thiophene rings is 1. The van der Waals surface area contributed by atoms with Crippen LogP contribution in [0.1, 0.15) is 16.0 Å². The lowest BCUT2D eigenvalue weighted by molar-refractivity contribution is -0.131. The molecule has 30 heavy (non-hydrogen) atoms. The van der Waals surface area contributed by atoms with E-state index in [2.05, 4.69) is 11.4 Å². The molecule has 0 radical (unpaired) electrons. The number of nitrogens with zero attached hydrogens (tertiary/aromatic N) is 2. The van der Waals surface area contributed by atoms with Crippen molar-refractivity contribution < 1.29 is 14.3 Å². The largest absolute Gasteiger partial charge is 0.493 e. The molecule has 3 rings (SSSR count). The number of benzene rings is 2. The van der Waals surface area contributed by atoms with Gasteiger partial charge in [-0.25, -0.2) is 0 Å². The van der Waals surface area contributed by atoms with E-state index in [1.807, 2.05) is 73.6 Å². The molecule has 1 heterocycles. The van der Waals surface area contributed by atoms with E-state index in [9.17, 15) is 4.79 Å². The van der Waals surface area contributed by atoms with Crippen molar-refractivity contribution in [2.24, 2.45) is 0 Å². The quantitative estimate of drug-likeness (QED) is 0.483. The number of likely N-dealkylation sites (N-methyl/N-ethyl adjacent to an activating group) is 2. The number of carbonyl (C=O) groups excluding carboxylic acids is 1. The van der Waals surface area contributed by atoms with Crippen molar-refractivity contribution in [1.29, 1.82) is 0 Å². The highest BCUT2D eigenvalue weighted by molar-refractivity contribution is 7.09. The number of hydrogen-bond donors (Lipinski definition) is 0. The summed E-state index contributed by atoms with van der Waals surface area (Å²) in [5.74, 6) is 1.44. The van der Waals surface area contributed by atoms with Gasteiger partial charge in [-0.15, -0.1) is 11.3 Å². The number of rotatable bonds is 10. The molecule has 0 saturated carbocycles. The molecule has 0 bridgehead atoms. The normalized spacial score (nSPS) is 10.8. The summed E-state index contributed by atoms with van der Waals surface area (Å²) < 4.78 is 11.4. The maximum Gasteiger partial charge on any atom is 0.236 e. The molecule has 0 N–H and O–H groups in total. The van der Waals surface area contributed by atoms with Crippen LogP contribution < -0.4 is 9.47 Å². The zero-order chi connectivity index (χ0) is 21.3. The maximum absolute atomic E-state index is 12.6. The van der Waals surface area contributed by atoms with Crippen LogP contribution in [0, 0.1) is 0 Å². The predicted octanol–water partition coefficient (Wildman–Crippen LogP) is 4.43. The summed E-state index contributed by atoms with van der Waals surface area (Å²) in [4.78, 5) is 17.6. The van der Waals surface area contributed by atoms with Crippen LogP contribution in [0.15, 0.2) is 66.0 Å². The zero-order valence-electron chi connectivity index (χ0n) is 17.7. The third-order valence-corrected chi connectivity index (χ3v) is 5.58. The molecule has 158 valence electrons. The van der Waals surface area contributed by atoms with Crippen molar-refractivity contribution in [3.05, 3.63) is 82.0 Å². The van der Waals surface area contributed by atoms with E-state index in [4.69, 9.17) is 9.47 Å². The van der Waals surface area contributed by atoms with Gasteiger partial charge in [0.25, 0.3) is 0 Å². The molecule has 0 spiro atoms. The van der Waals surface area contributed by atoms with Crippen molar-refractivity contribution in [1.82, 2.24) is 9.80 Å². The van der Waals surface area contributed by atoms with Gasteiger partial charge in [0.1, 0.15) is 6.61 Å². The first kappa shape index (κ1) is 21.9. The fourth-order valence-corrected chi connectivity index (χ4v) is 3.89. The second-order valence-corrected chi connectivity index (χ2v) is 8.29. The lowest BCUT2D eigenvalue weighted by Gasteiger charge is -2.22. The van der Waals surface area contributed by atoms with Crippen LogP contribution in [0.5, 0.6) is 11.5 Å². The van der Waals surface area contributed by atoms with Crippen molar-refractivity contribution >= 4 is 17.2 Å². The minimum absolute atomic E-state index is 0.0810.